The summed E-state index contributed by atoms with van der Waals surface area (Å²) in [6.45, 7) is 6.23. The van der Waals surface area contributed by atoms with E-state index in [9.17, 15) is 4.79 Å². The van der Waals surface area contributed by atoms with E-state index in [4.69, 9.17) is 0 Å². The van der Waals surface area contributed by atoms with E-state index in [-0.39, 0.29) is 5.12 Å². The van der Waals surface area contributed by atoms with Crippen LogP contribution in [0.15, 0.2) is 0 Å². The van der Waals surface area contributed by atoms with E-state index in [0.29, 0.717) is 10.7 Å². The van der Waals surface area contributed by atoms with Crippen molar-refractivity contribution in [1.82, 2.24) is 0 Å². The fraction of sp³-hybridized carbons (Fsp3) is 0.900. The van der Waals surface area contributed by atoms with E-state index in [1.165, 1.54) is 25.7 Å². The largest absolute Gasteiger partial charge is 0.288 e. The maximum atomic E-state index is 11.0. The summed E-state index contributed by atoms with van der Waals surface area (Å²) in [5.74, 6) is 0. The van der Waals surface area contributed by atoms with Crippen LogP contribution in [0.2, 0.25) is 0 Å². The smallest absolute Gasteiger partial charge is 0.186 e. The van der Waals surface area contributed by atoms with Crippen LogP contribution in [0.3, 0.4) is 0 Å². The fourth-order valence-corrected chi connectivity index (χ4v) is 3.26. The highest BCUT2D eigenvalue weighted by atomic mass is 32.2. The minimum absolute atomic E-state index is 0.279. The molecule has 1 saturated carbocycles. The summed E-state index contributed by atoms with van der Waals surface area (Å²) in [5.41, 5.74) is 0.427. The lowest BCUT2D eigenvalue weighted by Gasteiger charge is -2.28. The first-order valence-corrected chi connectivity index (χ1v) is 5.63. The van der Waals surface area contributed by atoms with Gasteiger partial charge < -0.3 is 0 Å². The van der Waals surface area contributed by atoms with Crippen molar-refractivity contribution in [3.05, 3.63) is 0 Å². The normalized spacial score (nSPS) is 35.4. The van der Waals surface area contributed by atoms with Crippen LogP contribution in [0.4, 0.5) is 0 Å². The summed E-state index contributed by atoms with van der Waals surface area (Å²) in [5, 5.41) is 0.863. The highest BCUT2D eigenvalue weighted by molar-refractivity contribution is 8.14. The predicted molar refractivity (Wildman–Crippen MR) is 54.3 cm³/mol. The van der Waals surface area contributed by atoms with Gasteiger partial charge in [0.05, 0.1) is 0 Å². The molecule has 0 aromatic heterocycles. The lowest BCUT2D eigenvalue weighted by Crippen LogP contribution is -2.23. The van der Waals surface area contributed by atoms with Crippen LogP contribution in [0, 0.1) is 5.41 Å². The number of carbonyl (C=O) groups is 1. The molecular weight excluding hydrogens is 168 g/mol. The van der Waals surface area contributed by atoms with Crippen molar-refractivity contribution in [3.8, 4) is 0 Å². The van der Waals surface area contributed by atoms with E-state index in [2.05, 4.69) is 13.8 Å². The molecule has 2 unspecified atom stereocenters. The van der Waals surface area contributed by atoms with E-state index < -0.39 is 0 Å². The summed E-state index contributed by atoms with van der Waals surface area (Å²) in [6.07, 6.45) is 5.04. The Bertz CT molecular complexity index is 179. The summed E-state index contributed by atoms with van der Waals surface area (Å²) in [6, 6.07) is 0. The van der Waals surface area contributed by atoms with Gasteiger partial charge in [-0.25, -0.2) is 0 Å². The Hall–Kier alpha value is 0.0200. The molecule has 0 spiro atoms. The third-order valence-corrected chi connectivity index (χ3v) is 4.53. The van der Waals surface area contributed by atoms with Gasteiger partial charge in [0.25, 0.3) is 0 Å². The van der Waals surface area contributed by atoms with Gasteiger partial charge in [-0.1, -0.05) is 32.0 Å². The number of hydrogen-bond acceptors (Lipinski definition) is 2. The molecule has 1 nitrogen and oxygen atoms in total. The van der Waals surface area contributed by atoms with Crippen molar-refractivity contribution < 1.29 is 4.79 Å². The van der Waals surface area contributed by atoms with Crippen LogP contribution in [0.25, 0.3) is 0 Å². The second-order valence-corrected chi connectivity index (χ2v) is 5.38. The molecular formula is C10H18OS. The van der Waals surface area contributed by atoms with E-state index in [1.54, 1.807) is 18.7 Å². The molecule has 12 heavy (non-hydrogen) atoms. The maximum Gasteiger partial charge on any atom is 0.186 e. The minimum Gasteiger partial charge on any atom is -0.288 e. The Morgan fingerprint density at radius 1 is 1.67 bits per heavy atom. The average Bonchev–Trinajstić information content (AvgIpc) is 2.33. The molecule has 0 heterocycles. The van der Waals surface area contributed by atoms with Gasteiger partial charge in [-0.05, 0) is 24.7 Å². The van der Waals surface area contributed by atoms with Crippen molar-refractivity contribution >= 4 is 16.9 Å². The molecule has 0 aromatic carbocycles. The van der Waals surface area contributed by atoms with Gasteiger partial charge in [-0.2, -0.15) is 0 Å². The summed E-state index contributed by atoms with van der Waals surface area (Å²) >= 11 is 1.55. The predicted octanol–water partition coefficient (Wildman–Crippen LogP) is 3.23. The molecule has 2 atom stereocenters. The van der Waals surface area contributed by atoms with Crippen LogP contribution >= 0.6 is 11.8 Å². The van der Waals surface area contributed by atoms with E-state index in [0.717, 1.165) is 0 Å². The quantitative estimate of drug-likeness (QED) is 0.658. The van der Waals surface area contributed by atoms with Crippen LogP contribution < -0.4 is 0 Å². The van der Waals surface area contributed by atoms with Crippen LogP contribution in [-0.4, -0.2) is 10.4 Å². The molecule has 70 valence electrons. The molecule has 2 heteroatoms. The number of hydrogen-bond donors (Lipinski definition) is 0. The fourth-order valence-electron chi connectivity index (χ4n) is 2.01. The monoisotopic (exact) mass is 186 g/mol. The molecule has 1 aliphatic carbocycles. The molecule has 0 aromatic rings. The molecule has 0 N–H and O–H groups in total. The maximum absolute atomic E-state index is 11.0. The molecule has 0 radical (unpaired) electrons. The first-order valence-electron chi connectivity index (χ1n) is 4.76. The van der Waals surface area contributed by atoms with Gasteiger partial charge in [0.15, 0.2) is 5.12 Å². The highest BCUT2D eigenvalue weighted by Crippen LogP contribution is 2.47. The second-order valence-electron chi connectivity index (χ2n) is 4.00. The van der Waals surface area contributed by atoms with E-state index in [1.807, 2.05) is 0 Å². The zero-order valence-corrected chi connectivity index (χ0v) is 9.04. The number of carbonyl (C=O) groups excluding carboxylic acids is 1. The van der Waals surface area contributed by atoms with Gasteiger partial charge in [0, 0.05) is 12.2 Å². The Balaban J connectivity index is 2.57. The van der Waals surface area contributed by atoms with Gasteiger partial charge in [0.1, 0.15) is 0 Å². The summed E-state index contributed by atoms with van der Waals surface area (Å²) < 4.78 is 0. The molecule has 1 rings (SSSR count). The third-order valence-electron chi connectivity index (χ3n) is 3.11. The Labute approximate surface area is 79.3 Å². The Morgan fingerprint density at radius 3 is 2.83 bits per heavy atom. The lowest BCUT2D eigenvalue weighted by molar-refractivity contribution is -0.109. The van der Waals surface area contributed by atoms with E-state index >= 15 is 0 Å². The average molecular weight is 186 g/mol. The lowest BCUT2D eigenvalue weighted by atomic mass is 9.86. The second kappa shape index (κ2) is 3.82. The van der Waals surface area contributed by atoms with Crippen molar-refractivity contribution in [2.24, 2.45) is 5.41 Å². The van der Waals surface area contributed by atoms with Gasteiger partial charge in [-0.3, -0.25) is 4.79 Å². The highest BCUT2D eigenvalue weighted by Gasteiger charge is 2.38. The number of rotatable bonds is 2. The first kappa shape index (κ1) is 10.1. The molecule has 0 saturated heterocycles. The molecule has 0 aliphatic heterocycles. The molecule has 0 amide bonds. The summed E-state index contributed by atoms with van der Waals surface area (Å²) in [4.78, 5) is 11.0. The van der Waals surface area contributed by atoms with Gasteiger partial charge in [-0.15, -0.1) is 0 Å². The Kier molecular flexibility index (Phi) is 3.22. The first-order chi connectivity index (χ1) is 5.58. The van der Waals surface area contributed by atoms with Crippen molar-refractivity contribution in [3.63, 3.8) is 0 Å². The SMILES string of the molecule is CCC1(C)CCCC1SC(C)=O. The molecule has 0 bridgehead atoms. The molecule has 1 aliphatic rings. The van der Waals surface area contributed by atoms with Crippen LogP contribution in [-0.2, 0) is 4.79 Å². The zero-order chi connectivity index (χ0) is 9.19. The number of thioether (sulfide) groups is 1. The Morgan fingerprint density at radius 2 is 2.33 bits per heavy atom. The zero-order valence-electron chi connectivity index (χ0n) is 8.22. The minimum atomic E-state index is 0.279. The standard InChI is InChI=1S/C10H18OS/c1-4-10(3)7-5-6-9(10)12-8(2)11/h9H,4-7H2,1-3H3. The summed E-state index contributed by atoms with van der Waals surface area (Å²) in [7, 11) is 0. The van der Waals surface area contributed by atoms with Crippen molar-refractivity contribution in [2.45, 2.75) is 51.7 Å². The van der Waals surface area contributed by atoms with Crippen LogP contribution in [0.1, 0.15) is 46.5 Å². The van der Waals surface area contributed by atoms with Crippen molar-refractivity contribution in [2.75, 3.05) is 0 Å². The van der Waals surface area contributed by atoms with Crippen LogP contribution in [0.5, 0.6) is 0 Å². The van der Waals surface area contributed by atoms with Gasteiger partial charge in [0.2, 0.25) is 0 Å². The molecule has 1 fully saturated rings. The van der Waals surface area contributed by atoms with Gasteiger partial charge >= 0.3 is 0 Å². The topological polar surface area (TPSA) is 17.1 Å². The third kappa shape index (κ3) is 2.03. The van der Waals surface area contributed by atoms with Crippen molar-refractivity contribution in [1.29, 1.82) is 0 Å².